The van der Waals surface area contributed by atoms with Gasteiger partial charge in [-0.2, -0.15) is 0 Å². The zero-order valence-corrected chi connectivity index (χ0v) is 15.4. The van der Waals surface area contributed by atoms with Crippen molar-refractivity contribution in [3.05, 3.63) is 91.7 Å². The molecule has 1 aliphatic rings. The van der Waals surface area contributed by atoms with Crippen LogP contribution in [0.2, 0.25) is 0 Å². The molecule has 7 nitrogen and oxygen atoms in total. The number of hydrogen-bond donors (Lipinski definition) is 0. The molecule has 0 saturated heterocycles. The van der Waals surface area contributed by atoms with Crippen molar-refractivity contribution in [3.8, 4) is 0 Å². The summed E-state index contributed by atoms with van der Waals surface area (Å²) in [6, 6.07) is 14.2. The number of azide groups is 2. The lowest BCUT2D eigenvalue weighted by Gasteiger charge is -2.23. The number of ketones is 1. The highest BCUT2D eigenvalue weighted by atomic mass is 16.1. The molecule has 7 heteroatoms. The standard InChI is InChI=1S/C21H18N6O/c1-14-2-7-17(12-15-3-8-18(9-4-15)24-26-22)21(28)20(14)13-16-5-10-19(11-6-16)25-27-23/h3-6,8-14H,2,7H2,1H3/b17-12+,20-13-. The van der Waals surface area contributed by atoms with Crippen LogP contribution in [-0.2, 0) is 4.79 Å². The third-order valence-electron chi connectivity index (χ3n) is 4.70. The van der Waals surface area contributed by atoms with Gasteiger partial charge in [0, 0.05) is 32.3 Å². The van der Waals surface area contributed by atoms with Gasteiger partial charge in [0.2, 0.25) is 0 Å². The zero-order chi connectivity index (χ0) is 19.9. The first-order valence-electron chi connectivity index (χ1n) is 8.88. The van der Waals surface area contributed by atoms with E-state index < -0.39 is 0 Å². The van der Waals surface area contributed by atoms with E-state index in [1.807, 2.05) is 36.4 Å². The van der Waals surface area contributed by atoms with Crippen LogP contribution in [0.5, 0.6) is 0 Å². The van der Waals surface area contributed by atoms with Crippen molar-refractivity contribution in [1.29, 1.82) is 0 Å². The van der Waals surface area contributed by atoms with Gasteiger partial charge in [0.1, 0.15) is 0 Å². The third-order valence-corrected chi connectivity index (χ3v) is 4.70. The summed E-state index contributed by atoms with van der Waals surface area (Å²) in [6.45, 7) is 2.06. The van der Waals surface area contributed by atoms with E-state index in [2.05, 4.69) is 27.0 Å². The second-order valence-corrected chi connectivity index (χ2v) is 6.60. The van der Waals surface area contributed by atoms with Crippen molar-refractivity contribution in [2.75, 3.05) is 0 Å². The number of carbonyl (C=O) groups is 1. The lowest BCUT2D eigenvalue weighted by Crippen LogP contribution is -2.19. The summed E-state index contributed by atoms with van der Waals surface area (Å²) >= 11 is 0. The van der Waals surface area contributed by atoms with Gasteiger partial charge in [-0.05, 0) is 53.1 Å². The minimum atomic E-state index is 0.0528. The fraction of sp³-hybridized carbons (Fsp3) is 0.190. The Bertz CT molecular complexity index is 1040. The Labute approximate surface area is 162 Å². The Hall–Kier alpha value is -3.79. The van der Waals surface area contributed by atoms with Gasteiger partial charge in [-0.25, -0.2) is 0 Å². The summed E-state index contributed by atoms with van der Waals surface area (Å²) in [5, 5.41) is 7.11. The van der Waals surface area contributed by atoms with E-state index in [0.717, 1.165) is 35.1 Å². The summed E-state index contributed by atoms with van der Waals surface area (Å²) in [4.78, 5) is 18.5. The number of allylic oxidation sites excluding steroid dienone is 2. The van der Waals surface area contributed by atoms with E-state index in [0.29, 0.717) is 11.4 Å². The van der Waals surface area contributed by atoms with Crippen LogP contribution in [0, 0.1) is 5.92 Å². The molecule has 1 unspecified atom stereocenters. The highest BCUT2D eigenvalue weighted by molar-refractivity contribution is 6.14. The van der Waals surface area contributed by atoms with Crippen LogP contribution in [0.3, 0.4) is 0 Å². The smallest absolute Gasteiger partial charge is 0.185 e. The van der Waals surface area contributed by atoms with Crippen LogP contribution in [0.15, 0.2) is 69.9 Å². The zero-order valence-electron chi connectivity index (χ0n) is 15.4. The molecule has 0 radical (unpaired) electrons. The molecule has 28 heavy (non-hydrogen) atoms. The number of benzene rings is 2. The molecule has 0 aromatic heterocycles. The number of nitrogens with zero attached hydrogens (tertiary/aromatic N) is 6. The summed E-state index contributed by atoms with van der Waals surface area (Å²) in [6.07, 6.45) is 5.43. The monoisotopic (exact) mass is 370 g/mol. The van der Waals surface area contributed by atoms with Crippen LogP contribution >= 0.6 is 0 Å². The fourth-order valence-corrected chi connectivity index (χ4v) is 3.15. The van der Waals surface area contributed by atoms with Crippen LogP contribution in [0.25, 0.3) is 33.0 Å². The van der Waals surface area contributed by atoms with E-state index in [-0.39, 0.29) is 11.7 Å². The molecule has 2 aromatic carbocycles. The number of hydrogen-bond acceptors (Lipinski definition) is 3. The minimum absolute atomic E-state index is 0.0528. The summed E-state index contributed by atoms with van der Waals surface area (Å²) in [5.41, 5.74) is 21.4. The van der Waals surface area contributed by atoms with Crippen LogP contribution in [0.1, 0.15) is 30.9 Å². The summed E-state index contributed by atoms with van der Waals surface area (Å²) in [5.74, 6) is 0.228. The largest absolute Gasteiger partial charge is 0.289 e. The SMILES string of the molecule is CC1CC/C(=C\c2ccc(N=[N+]=[N-])cc2)C(=O)/C1=C\c1ccc(N=[N+]=[N-])cc1. The molecule has 0 bridgehead atoms. The molecule has 0 spiro atoms. The maximum atomic E-state index is 13.0. The second kappa shape index (κ2) is 8.73. The Morgan fingerprint density at radius 3 is 1.89 bits per heavy atom. The molecule has 1 saturated carbocycles. The average Bonchev–Trinajstić information content (AvgIpc) is 2.70. The van der Waals surface area contributed by atoms with Crippen molar-refractivity contribution < 1.29 is 4.79 Å². The molecule has 1 atom stereocenters. The lowest BCUT2D eigenvalue weighted by atomic mass is 9.80. The van der Waals surface area contributed by atoms with Crippen molar-refractivity contribution in [2.45, 2.75) is 19.8 Å². The molecule has 1 aliphatic carbocycles. The molecule has 3 rings (SSSR count). The van der Waals surface area contributed by atoms with Gasteiger partial charge >= 0.3 is 0 Å². The van der Waals surface area contributed by atoms with Gasteiger partial charge < -0.3 is 0 Å². The first-order chi connectivity index (χ1) is 13.6. The maximum absolute atomic E-state index is 13.0. The lowest BCUT2D eigenvalue weighted by molar-refractivity contribution is -0.113. The normalized spacial score (nSPS) is 19.2. The molecule has 0 heterocycles. The Morgan fingerprint density at radius 2 is 1.39 bits per heavy atom. The van der Waals surface area contributed by atoms with Crippen LogP contribution in [-0.4, -0.2) is 5.78 Å². The minimum Gasteiger partial charge on any atom is -0.289 e. The quantitative estimate of drug-likeness (QED) is 0.244. The Kier molecular flexibility index (Phi) is 5.92. The second-order valence-electron chi connectivity index (χ2n) is 6.60. The Morgan fingerprint density at radius 1 is 0.893 bits per heavy atom. The molecule has 1 fully saturated rings. The van der Waals surface area contributed by atoms with E-state index in [1.54, 1.807) is 24.3 Å². The predicted octanol–water partition coefficient (Wildman–Crippen LogP) is 7.04. The van der Waals surface area contributed by atoms with E-state index in [9.17, 15) is 4.79 Å². The van der Waals surface area contributed by atoms with Gasteiger partial charge in [0.05, 0.1) is 0 Å². The molecule has 0 aliphatic heterocycles. The van der Waals surface area contributed by atoms with Crippen molar-refractivity contribution in [1.82, 2.24) is 0 Å². The highest BCUT2D eigenvalue weighted by Gasteiger charge is 2.26. The molecule has 0 N–H and O–H groups in total. The Balaban J connectivity index is 1.87. The topological polar surface area (TPSA) is 115 Å². The van der Waals surface area contributed by atoms with Gasteiger partial charge in [0.25, 0.3) is 0 Å². The van der Waals surface area contributed by atoms with Crippen molar-refractivity contribution >= 4 is 29.3 Å². The fourth-order valence-electron chi connectivity index (χ4n) is 3.15. The average molecular weight is 370 g/mol. The summed E-state index contributed by atoms with van der Waals surface area (Å²) < 4.78 is 0. The van der Waals surface area contributed by atoms with Crippen molar-refractivity contribution in [2.24, 2.45) is 16.1 Å². The van der Waals surface area contributed by atoms with Crippen LogP contribution in [0.4, 0.5) is 11.4 Å². The maximum Gasteiger partial charge on any atom is 0.185 e. The molecule has 0 amide bonds. The molecule has 2 aromatic rings. The number of rotatable bonds is 4. The number of carbonyl (C=O) groups excluding carboxylic acids is 1. The van der Waals surface area contributed by atoms with Crippen molar-refractivity contribution in [3.63, 3.8) is 0 Å². The first-order valence-corrected chi connectivity index (χ1v) is 8.88. The first kappa shape index (κ1) is 19.0. The third kappa shape index (κ3) is 4.48. The van der Waals surface area contributed by atoms with Gasteiger partial charge in [-0.3, -0.25) is 4.79 Å². The van der Waals surface area contributed by atoms with E-state index in [1.165, 1.54) is 0 Å². The molecule has 138 valence electrons. The molecular weight excluding hydrogens is 352 g/mol. The highest BCUT2D eigenvalue weighted by Crippen LogP contribution is 2.33. The van der Waals surface area contributed by atoms with Gasteiger partial charge in [-0.1, -0.05) is 65.7 Å². The summed E-state index contributed by atoms with van der Waals surface area (Å²) in [7, 11) is 0. The van der Waals surface area contributed by atoms with E-state index in [4.69, 9.17) is 11.1 Å². The van der Waals surface area contributed by atoms with Gasteiger partial charge in [-0.15, -0.1) is 0 Å². The van der Waals surface area contributed by atoms with E-state index >= 15 is 0 Å². The predicted molar refractivity (Wildman–Crippen MR) is 110 cm³/mol. The molecular formula is C21H18N6O. The van der Waals surface area contributed by atoms with Gasteiger partial charge in [0.15, 0.2) is 5.78 Å². The number of Topliss-reactive ketones (excluding diaryl/α,β-unsaturated/α-hetero) is 1. The van der Waals surface area contributed by atoms with Crippen LogP contribution < -0.4 is 0 Å².